The van der Waals surface area contributed by atoms with Gasteiger partial charge in [0.2, 0.25) is 0 Å². The SMILES string of the molecule is CC(C)(C)c1cc(-c2cc(C(C)(C)C)cc(-c3ccccc3)c2N2[CH-]N(c3[c-]c(Oc4[c-]c5c6c(c4)C4(c7ccccc7Oc7ccccc74)C4CC=Cc(c64)n5-c4cc(C(C)(C)C)ccn4)ccc3)c3ccccc32)cc(C(C)(C)C)c1.[Pt]. The standard InChI is InChI=1S/C77H71N4O2.Pt/c1-73(2,3)50-36-37-78-69(43-50)81-65-33-23-30-61-70(65)71-62(77(61)59-28-16-20-34-67(59)83-68-35-21-17-29-60(68)77)45-56(46-66(71)81)82-55-27-22-26-54(44-55)79-47-80(64-32-19-18-31-63(64)79)72-57(48-24-14-13-15-25-48)41-53(76(10,11)12)42-58(72)49-38-51(74(4,5)6)40-52(39-49)75(7,8)9;/h13-29,31-43,45,47,61H,30H2,1-12H3;/q-3;. The first-order valence-electron chi connectivity index (χ1n) is 29.4. The zero-order valence-corrected chi connectivity index (χ0v) is 52.5. The molecule has 0 saturated heterocycles. The Bertz CT molecular complexity index is 4210. The van der Waals surface area contributed by atoms with Gasteiger partial charge in [0.25, 0.3) is 0 Å². The van der Waals surface area contributed by atoms with E-state index in [1.165, 1.54) is 55.5 Å². The van der Waals surface area contributed by atoms with E-state index in [9.17, 15) is 0 Å². The third-order valence-corrected chi connectivity index (χ3v) is 17.8. The molecule has 14 rings (SSSR count). The van der Waals surface area contributed by atoms with Gasteiger partial charge in [-0.2, -0.15) is 6.07 Å². The second kappa shape index (κ2) is 19.8. The summed E-state index contributed by atoms with van der Waals surface area (Å²) in [7, 11) is 0. The zero-order chi connectivity index (χ0) is 57.5. The van der Waals surface area contributed by atoms with E-state index in [0.29, 0.717) is 11.5 Å². The van der Waals surface area contributed by atoms with Crippen LogP contribution in [-0.4, -0.2) is 9.55 Å². The number of hydrogen-bond donors (Lipinski definition) is 0. The van der Waals surface area contributed by atoms with Crippen LogP contribution in [0.5, 0.6) is 23.0 Å². The monoisotopic (exact) mass is 1280 g/mol. The minimum Gasteiger partial charge on any atom is -0.509 e. The molecular weight excluding hydrogens is 1210 g/mol. The molecule has 0 fully saturated rings. The first kappa shape index (κ1) is 55.3. The number of pyridine rings is 1. The number of para-hydroxylation sites is 4. The summed E-state index contributed by atoms with van der Waals surface area (Å²) in [6.45, 7) is 29.9. The van der Waals surface area contributed by atoms with Crippen LogP contribution in [0.15, 0.2) is 182 Å². The molecule has 2 aromatic heterocycles. The van der Waals surface area contributed by atoms with Crippen LogP contribution in [0.3, 0.4) is 0 Å². The Kier molecular flexibility index (Phi) is 13.1. The van der Waals surface area contributed by atoms with Crippen molar-refractivity contribution >= 4 is 39.7 Å². The van der Waals surface area contributed by atoms with Crippen LogP contribution in [-0.2, 0) is 48.1 Å². The molecule has 4 heterocycles. The second-order valence-corrected chi connectivity index (χ2v) is 27.3. The van der Waals surface area contributed by atoms with E-state index in [2.05, 4.69) is 292 Å². The summed E-state index contributed by atoms with van der Waals surface area (Å²) < 4.78 is 16.4. The Hall–Kier alpha value is -7.92. The predicted octanol–water partition coefficient (Wildman–Crippen LogP) is 20.3. The second-order valence-electron chi connectivity index (χ2n) is 27.3. The fourth-order valence-electron chi connectivity index (χ4n) is 13.5. The van der Waals surface area contributed by atoms with E-state index < -0.39 is 5.41 Å². The van der Waals surface area contributed by atoms with Gasteiger partial charge in [0.05, 0.1) is 0 Å². The number of allylic oxidation sites excluding steroid dienone is 1. The molecule has 7 heteroatoms. The summed E-state index contributed by atoms with van der Waals surface area (Å²) in [6, 6.07) is 69.6. The number of aromatic nitrogens is 2. The molecule has 2 aliphatic heterocycles. The molecule has 84 heavy (non-hydrogen) atoms. The van der Waals surface area contributed by atoms with Gasteiger partial charge in [0.1, 0.15) is 17.3 Å². The number of rotatable bonds is 7. The number of ether oxygens (including phenoxy) is 2. The van der Waals surface area contributed by atoms with Crippen LogP contribution in [0, 0.1) is 18.8 Å². The van der Waals surface area contributed by atoms with Gasteiger partial charge in [-0.15, -0.1) is 53.6 Å². The molecule has 0 amide bonds. The van der Waals surface area contributed by atoms with Crippen LogP contribution in [0.25, 0.3) is 45.1 Å². The average molecular weight is 1280 g/mol. The van der Waals surface area contributed by atoms with Gasteiger partial charge >= 0.3 is 0 Å². The summed E-state index contributed by atoms with van der Waals surface area (Å²) in [5.74, 6) is 3.87. The minimum atomic E-state index is -0.574. The summed E-state index contributed by atoms with van der Waals surface area (Å²) >= 11 is 0. The van der Waals surface area contributed by atoms with Crippen molar-refractivity contribution in [2.75, 3.05) is 9.80 Å². The van der Waals surface area contributed by atoms with Gasteiger partial charge in [0.15, 0.2) is 0 Å². The van der Waals surface area contributed by atoms with E-state index in [4.69, 9.17) is 14.5 Å². The van der Waals surface area contributed by atoms with Gasteiger partial charge < -0.3 is 23.8 Å². The van der Waals surface area contributed by atoms with Gasteiger partial charge in [-0.25, -0.2) is 4.98 Å². The van der Waals surface area contributed by atoms with Crippen molar-refractivity contribution in [3.05, 3.63) is 251 Å². The predicted molar refractivity (Wildman–Crippen MR) is 342 cm³/mol. The van der Waals surface area contributed by atoms with Crippen LogP contribution in [0.4, 0.5) is 22.7 Å². The fourth-order valence-corrected chi connectivity index (χ4v) is 13.5. The molecular formula is C77H71N4O2Pt-3. The molecule has 424 valence electrons. The van der Waals surface area contributed by atoms with Gasteiger partial charge in [-0.3, -0.25) is 0 Å². The van der Waals surface area contributed by atoms with Crippen LogP contribution >= 0.6 is 0 Å². The quantitative estimate of drug-likeness (QED) is 0.149. The maximum Gasteiger partial charge on any atom is 0.135 e. The Morgan fingerprint density at radius 2 is 1.13 bits per heavy atom. The molecule has 0 radical (unpaired) electrons. The minimum absolute atomic E-state index is 0. The average Bonchev–Trinajstić information content (AvgIpc) is 1.49. The third-order valence-electron chi connectivity index (χ3n) is 17.8. The number of nitrogens with zero attached hydrogens (tertiary/aromatic N) is 4. The van der Waals surface area contributed by atoms with Crippen molar-refractivity contribution in [3.63, 3.8) is 0 Å². The van der Waals surface area contributed by atoms with Crippen molar-refractivity contribution < 1.29 is 30.5 Å². The molecule has 1 atom stereocenters. The molecule has 4 aliphatic rings. The normalized spacial score (nSPS) is 15.6. The number of benzene rings is 8. The van der Waals surface area contributed by atoms with Gasteiger partial charge in [0, 0.05) is 89.2 Å². The Morgan fingerprint density at radius 3 is 1.77 bits per heavy atom. The smallest absolute Gasteiger partial charge is 0.135 e. The molecule has 1 unspecified atom stereocenters. The summed E-state index contributed by atoms with van der Waals surface area (Å²) in [5, 5.41) is 1.20. The number of fused-ring (bicyclic) bond motifs is 7. The first-order valence-corrected chi connectivity index (χ1v) is 29.4. The van der Waals surface area contributed by atoms with E-state index >= 15 is 0 Å². The fraction of sp³-hybridized carbons (Fsp3) is 0.247. The Balaban J connectivity index is 0.00000658. The maximum absolute atomic E-state index is 7.25. The van der Waals surface area contributed by atoms with Crippen molar-refractivity contribution in [1.29, 1.82) is 0 Å². The topological polar surface area (TPSA) is 42.8 Å². The van der Waals surface area contributed by atoms with Crippen molar-refractivity contribution in [1.82, 2.24) is 9.55 Å². The Morgan fingerprint density at radius 1 is 0.548 bits per heavy atom. The van der Waals surface area contributed by atoms with Crippen molar-refractivity contribution in [2.45, 2.75) is 122 Å². The van der Waals surface area contributed by atoms with Crippen LogP contribution in [0.1, 0.15) is 146 Å². The number of hydrogen-bond acceptors (Lipinski definition) is 5. The molecule has 0 N–H and O–H groups in total. The zero-order valence-electron chi connectivity index (χ0n) is 50.2. The summed E-state index contributed by atoms with van der Waals surface area (Å²) in [4.78, 5) is 9.78. The molecule has 0 saturated carbocycles. The molecule has 1 spiro atoms. The van der Waals surface area contributed by atoms with E-state index in [-0.39, 0.29) is 48.6 Å². The summed E-state index contributed by atoms with van der Waals surface area (Å²) in [6.07, 6.45) is 7.45. The molecule has 6 nitrogen and oxygen atoms in total. The molecule has 10 aromatic rings. The van der Waals surface area contributed by atoms with E-state index in [1.807, 2.05) is 12.3 Å². The van der Waals surface area contributed by atoms with Gasteiger partial charge in [-0.05, 0) is 122 Å². The molecule has 2 aliphatic carbocycles. The van der Waals surface area contributed by atoms with Crippen molar-refractivity contribution in [2.24, 2.45) is 0 Å². The maximum atomic E-state index is 7.25. The van der Waals surface area contributed by atoms with E-state index in [0.717, 1.165) is 74.4 Å². The third kappa shape index (κ3) is 8.88. The van der Waals surface area contributed by atoms with Crippen LogP contribution in [0.2, 0.25) is 0 Å². The largest absolute Gasteiger partial charge is 0.509 e. The number of anilines is 4. The first-order chi connectivity index (χ1) is 39.7. The summed E-state index contributed by atoms with van der Waals surface area (Å²) in [5.41, 5.74) is 19.9. The van der Waals surface area contributed by atoms with Crippen LogP contribution < -0.4 is 19.3 Å². The molecule has 8 aromatic carbocycles. The van der Waals surface area contributed by atoms with Crippen molar-refractivity contribution in [3.8, 4) is 51.1 Å². The van der Waals surface area contributed by atoms with Gasteiger partial charge in [-0.1, -0.05) is 197 Å². The van der Waals surface area contributed by atoms with E-state index in [1.54, 1.807) is 0 Å². The molecule has 0 bridgehead atoms. The Labute approximate surface area is 511 Å².